The summed E-state index contributed by atoms with van der Waals surface area (Å²) in [7, 11) is 0. The van der Waals surface area contributed by atoms with E-state index in [4.69, 9.17) is 18.0 Å². The van der Waals surface area contributed by atoms with Crippen LogP contribution in [0.25, 0.3) is 0 Å². The molecule has 0 spiro atoms. The fourth-order valence-electron chi connectivity index (χ4n) is 2.29. The topological polar surface area (TPSA) is 62.4 Å². The van der Waals surface area contributed by atoms with E-state index in [1.807, 2.05) is 12.1 Å². The summed E-state index contributed by atoms with van der Waals surface area (Å²) in [4.78, 5) is 6.85. The fourth-order valence-corrected chi connectivity index (χ4v) is 2.45. The van der Waals surface area contributed by atoms with E-state index in [9.17, 15) is 5.11 Å². The molecule has 0 saturated carbocycles. The van der Waals surface area contributed by atoms with Crippen LogP contribution in [0.1, 0.15) is 24.8 Å². The zero-order valence-corrected chi connectivity index (χ0v) is 10.5. The van der Waals surface area contributed by atoms with Crippen LogP contribution in [0, 0.1) is 0 Å². The largest absolute Gasteiger partial charge is 0.394 e. The molecule has 0 amide bonds. The van der Waals surface area contributed by atoms with Crippen molar-refractivity contribution in [1.29, 1.82) is 0 Å². The summed E-state index contributed by atoms with van der Waals surface area (Å²) in [6.45, 7) is 1.05. The maximum atomic E-state index is 9.42. The first kappa shape index (κ1) is 12.3. The molecule has 1 aromatic heterocycles. The Labute approximate surface area is 106 Å². The van der Waals surface area contributed by atoms with Gasteiger partial charge in [0, 0.05) is 12.7 Å². The quantitative estimate of drug-likeness (QED) is 0.787. The van der Waals surface area contributed by atoms with Gasteiger partial charge in [0.2, 0.25) is 0 Å². The van der Waals surface area contributed by atoms with E-state index in [1.165, 1.54) is 0 Å². The van der Waals surface area contributed by atoms with E-state index >= 15 is 0 Å². The van der Waals surface area contributed by atoms with E-state index in [-0.39, 0.29) is 12.6 Å². The smallest absolute Gasteiger partial charge is 0.139 e. The van der Waals surface area contributed by atoms with Crippen LogP contribution in [0.2, 0.25) is 0 Å². The number of nitrogens with zero attached hydrogens (tertiary/aromatic N) is 2. The van der Waals surface area contributed by atoms with Crippen molar-refractivity contribution in [3.05, 3.63) is 23.9 Å². The van der Waals surface area contributed by atoms with Gasteiger partial charge >= 0.3 is 0 Å². The second kappa shape index (κ2) is 5.42. The van der Waals surface area contributed by atoms with Gasteiger partial charge in [-0.05, 0) is 31.4 Å². The molecule has 0 aliphatic carbocycles. The lowest BCUT2D eigenvalue weighted by molar-refractivity contribution is 0.239. The number of hydrogen-bond acceptors (Lipinski definition) is 4. The van der Waals surface area contributed by atoms with Crippen LogP contribution in [-0.2, 0) is 0 Å². The molecule has 5 heteroatoms. The summed E-state index contributed by atoms with van der Waals surface area (Å²) in [6, 6.07) is 3.84. The van der Waals surface area contributed by atoms with Crippen LogP contribution in [-0.4, -0.2) is 34.3 Å². The SMILES string of the molecule is NC(=S)c1cccnc1N1CCCCC1CO. The molecular weight excluding hydrogens is 234 g/mol. The minimum Gasteiger partial charge on any atom is -0.394 e. The fraction of sp³-hybridized carbons (Fsp3) is 0.500. The zero-order valence-electron chi connectivity index (χ0n) is 9.67. The Bertz CT molecular complexity index is 410. The lowest BCUT2D eigenvalue weighted by Crippen LogP contribution is -2.43. The van der Waals surface area contributed by atoms with Gasteiger partial charge in [-0.3, -0.25) is 0 Å². The van der Waals surface area contributed by atoms with Crippen LogP contribution in [0.5, 0.6) is 0 Å². The summed E-state index contributed by atoms with van der Waals surface area (Å²) in [5, 5.41) is 9.42. The standard InChI is InChI=1S/C12H17N3OS/c13-11(17)10-5-3-6-14-12(10)15-7-2-1-4-9(15)8-16/h3,5-6,9,16H,1-2,4,7-8H2,(H2,13,17). The highest BCUT2D eigenvalue weighted by Gasteiger charge is 2.25. The van der Waals surface area contributed by atoms with Crippen molar-refractivity contribution in [2.24, 2.45) is 5.73 Å². The molecule has 0 aromatic carbocycles. The van der Waals surface area contributed by atoms with Gasteiger partial charge in [0.1, 0.15) is 10.8 Å². The van der Waals surface area contributed by atoms with Gasteiger partial charge in [-0.1, -0.05) is 12.2 Å². The van der Waals surface area contributed by atoms with Crippen LogP contribution in [0.3, 0.4) is 0 Å². The van der Waals surface area contributed by atoms with Crippen LogP contribution < -0.4 is 10.6 Å². The average Bonchev–Trinajstić information content (AvgIpc) is 2.38. The van der Waals surface area contributed by atoms with Gasteiger partial charge in [-0.25, -0.2) is 4.98 Å². The van der Waals surface area contributed by atoms with Gasteiger partial charge in [0.15, 0.2) is 0 Å². The van der Waals surface area contributed by atoms with Crippen molar-refractivity contribution in [3.63, 3.8) is 0 Å². The Kier molecular flexibility index (Phi) is 3.91. The molecule has 17 heavy (non-hydrogen) atoms. The molecule has 2 heterocycles. The van der Waals surface area contributed by atoms with Gasteiger partial charge < -0.3 is 15.7 Å². The maximum absolute atomic E-state index is 9.42. The molecule has 1 saturated heterocycles. The lowest BCUT2D eigenvalue weighted by atomic mass is 10.0. The molecule has 1 aliphatic heterocycles. The molecule has 0 bridgehead atoms. The van der Waals surface area contributed by atoms with E-state index in [1.54, 1.807) is 6.20 Å². The second-order valence-electron chi connectivity index (χ2n) is 4.26. The number of anilines is 1. The summed E-state index contributed by atoms with van der Waals surface area (Å²) in [5.41, 5.74) is 6.50. The molecule has 3 N–H and O–H groups in total. The Balaban J connectivity index is 2.34. The molecule has 1 fully saturated rings. The van der Waals surface area contributed by atoms with Crippen LogP contribution in [0.4, 0.5) is 5.82 Å². The first-order valence-corrected chi connectivity index (χ1v) is 6.27. The minimum absolute atomic E-state index is 0.131. The van der Waals surface area contributed by atoms with Gasteiger partial charge in [0.05, 0.1) is 18.2 Å². The summed E-state index contributed by atoms with van der Waals surface area (Å²) in [5.74, 6) is 0.804. The Morgan fingerprint density at radius 3 is 3.12 bits per heavy atom. The number of rotatable bonds is 3. The van der Waals surface area contributed by atoms with E-state index in [2.05, 4.69) is 9.88 Å². The Hall–Kier alpha value is -1.20. The normalized spacial score (nSPS) is 20.3. The highest BCUT2D eigenvalue weighted by atomic mass is 32.1. The third-order valence-electron chi connectivity index (χ3n) is 3.16. The van der Waals surface area contributed by atoms with E-state index in [0.29, 0.717) is 4.99 Å². The number of thiocarbonyl (C=S) groups is 1. The monoisotopic (exact) mass is 251 g/mol. The number of pyridine rings is 1. The lowest BCUT2D eigenvalue weighted by Gasteiger charge is -2.36. The molecule has 1 aromatic rings. The zero-order chi connectivity index (χ0) is 12.3. The highest BCUT2D eigenvalue weighted by molar-refractivity contribution is 7.80. The first-order valence-electron chi connectivity index (χ1n) is 5.86. The van der Waals surface area contributed by atoms with E-state index in [0.717, 1.165) is 37.2 Å². The van der Waals surface area contributed by atoms with E-state index < -0.39 is 0 Å². The predicted molar refractivity (Wildman–Crippen MR) is 72.2 cm³/mol. The number of aliphatic hydroxyl groups excluding tert-OH is 1. The maximum Gasteiger partial charge on any atom is 0.139 e. The minimum atomic E-state index is 0.131. The molecule has 1 aliphatic rings. The third kappa shape index (κ3) is 2.56. The molecule has 4 nitrogen and oxygen atoms in total. The number of aromatic nitrogens is 1. The summed E-state index contributed by atoms with van der Waals surface area (Å²) in [6.07, 6.45) is 4.99. The van der Waals surface area contributed by atoms with Crippen molar-refractivity contribution in [3.8, 4) is 0 Å². The van der Waals surface area contributed by atoms with Crippen molar-refractivity contribution >= 4 is 23.0 Å². The number of nitrogens with two attached hydrogens (primary N) is 1. The Morgan fingerprint density at radius 2 is 2.41 bits per heavy atom. The summed E-state index contributed by atoms with van der Waals surface area (Å²) >= 11 is 5.04. The molecule has 0 radical (unpaired) electrons. The molecular formula is C12H17N3OS. The number of aliphatic hydroxyl groups is 1. The van der Waals surface area contributed by atoms with Crippen LogP contribution in [0.15, 0.2) is 18.3 Å². The van der Waals surface area contributed by atoms with Crippen molar-refractivity contribution in [2.75, 3.05) is 18.1 Å². The molecule has 1 unspecified atom stereocenters. The highest BCUT2D eigenvalue weighted by Crippen LogP contribution is 2.25. The summed E-state index contributed by atoms with van der Waals surface area (Å²) < 4.78 is 0. The molecule has 1 atom stereocenters. The van der Waals surface area contributed by atoms with Gasteiger partial charge in [0.25, 0.3) is 0 Å². The predicted octanol–water partition coefficient (Wildman–Crippen LogP) is 1.07. The molecule has 2 rings (SSSR count). The van der Waals surface area contributed by atoms with Crippen LogP contribution >= 0.6 is 12.2 Å². The number of hydrogen-bond donors (Lipinski definition) is 2. The Morgan fingerprint density at radius 1 is 1.59 bits per heavy atom. The average molecular weight is 251 g/mol. The number of piperidine rings is 1. The van der Waals surface area contributed by atoms with Gasteiger partial charge in [-0.15, -0.1) is 0 Å². The second-order valence-corrected chi connectivity index (χ2v) is 4.70. The first-order chi connectivity index (χ1) is 8.24. The molecule has 92 valence electrons. The van der Waals surface area contributed by atoms with Crippen molar-refractivity contribution < 1.29 is 5.11 Å². The van der Waals surface area contributed by atoms with Gasteiger partial charge in [-0.2, -0.15) is 0 Å². The van der Waals surface area contributed by atoms with Crippen molar-refractivity contribution in [1.82, 2.24) is 4.98 Å². The third-order valence-corrected chi connectivity index (χ3v) is 3.38. The van der Waals surface area contributed by atoms with Crippen molar-refractivity contribution in [2.45, 2.75) is 25.3 Å².